The molecule has 1 heterocycles. The maximum Gasteiger partial charge on any atom is 0.358 e. The van der Waals surface area contributed by atoms with E-state index in [-0.39, 0.29) is 11.5 Å². The molecular formula is C15H18FN3O2. The number of aromatic nitrogens is 3. The molecule has 0 aliphatic heterocycles. The summed E-state index contributed by atoms with van der Waals surface area (Å²) in [6.07, 6.45) is 1.90. The predicted molar refractivity (Wildman–Crippen MR) is 76.4 cm³/mol. The lowest BCUT2D eigenvalue weighted by Crippen LogP contribution is -2.06. The van der Waals surface area contributed by atoms with E-state index < -0.39 is 5.97 Å². The van der Waals surface area contributed by atoms with Crippen molar-refractivity contribution >= 4 is 5.97 Å². The van der Waals surface area contributed by atoms with Crippen LogP contribution >= 0.6 is 0 Å². The lowest BCUT2D eigenvalue weighted by Gasteiger charge is -2.08. The zero-order valence-electron chi connectivity index (χ0n) is 12.1. The van der Waals surface area contributed by atoms with Gasteiger partial charge in [0.05, 0.1) is 0 Å². The van der Waals surface area contributed by atoms with Crippen molar-refractivity contribution in [2.24, 2.45) is 5.92 Å². The summed E-state index contributed by atoms with van der Waals surface area (Å²) >= 11 is 0. The van der Waals surface area contributed by atoms with E-state index in [1.54, 1.807) is 16.8 Å². The topological polar surface area (TPSA) is 68.0 Å². The largest absolute Gasteiger partial charge is 0.476 e. The maximum atomic E-state index is 13.0. The number of aromatic carboxylic acids is 1. The highest BCUT2D eigenvalue weighted by molar-refractivity contribution is 5.92. The van der Waals surface area contributed by atoms with Crippen molar-refractivity contribution in [1.29, 1.82) is 0 Å². The molecule has 2 aromatic rings. The van der Waals surface area contributed by atoms with E-state index in [9.17, 15) is 14.3 Å². The van der Waals surface area contributed by atoms with Gasteiger partial charge in [0.15, 0.2) is 5.69 Å². The molecule has 0 spiro atoms. The van der Waals surface area contributed by atoms with Gasteiger partial charge in [-0.25, -0.2) is 13.9 Å². The second-order valence-electron chi connectivity index (χ2n) is 5.36. The van der Waals surface area contributed by atoms with Crippen molar-refractivity contribution in [3.8, 4) is 11.3 Å². The number of carbonyl (C=O) groups is 1. The van der Waals surface area contributed by atoms with Gasteiger partial charge in [-0.1, -0.05) is 19.1 Å². The highest BCUT2D eigenvalue weighted by atomic mass is 19.1. The Labute approximate surface area is 122 Å². The molecule has 21 heavy (non-hydrogen) atoms. The first-order chi connectivity index (χ1) is 9.99. The van der Waals surface area contributed by atoms with Gasteiger partial charge in [0.1, 0.15) is 11.5 Å². The summed E-state index contributed by atoms with van der Waals surface area (Å²) in [5.41, 5.74) is 0.917. The van der Waals surface area contributed by atoms with Crippen molar-refractivity contribution in [2.75, 3.05) is 0 Å². The van der Waals surface area contributed by atoms with Gasteiger partial charge in [-0.15, -0.1) is 5.10 Å². The number of benzene rings is 1. The number of nitrogens with zero attached hydrogens (tertiary/aromatic N) is 3. The molecule has 112 valence electrons. The molecule has 0 unspecified atom stereocenters. The van der Waals surface area contributed by atoms with Crippen molar-refractivity contribution in [3.05, 3.63) is 35.8 Å². The summed E-state index contributed by atoms with van der Waals surface area (Å²) in [6, 6.07) is 5.68. The molecular weight excluding hydrogens is 273 g/mol. The fraction of sp³-hybridized carbons (Fsp3) is 0.400. The maximum absolute atomic E-state index is 13.0. The number of carboxylic acid groups (broad SMARTS) is 1. The van der Waals surface area contributed by atoms with E-state index in [2.05, 4.69) is 24.2 Å². The van der Waals surface area contributed by atoms with E-state index in [1.165, 1.54) is 12.1 Å². The Morgan fingerprint density at radius 3 is 2.57 bits per heavy atom. The van der Waals surface area contributed by atoms with Crippen LogP contribution in [0.3, 0.4) is 0 Å². The lowest BCUT2D eigenvalue weighted by molar-refractivity contribution is 0.0691. The molecule has 0 saturated carbocycles. The van der Waals surface area contributed by atoms with E-state index in [0.29, 0.717) is 23.7 Å². The third-order valence-electron chi connectivity index (χ3n) is 3.21. The van der Waals surface area contributed by atoms with E-state index in [4.69, 9.17) is 0 Å². The number of carboxylic acids is 1. The van der Waals surface area contributed by atoms with Crippen LogP contribution in [0.5, 0.6) is 0 Å². The quantitative estimate of drug-likeness (QED) is 0.887. The molecule has 0 amide bonds. The van der Waals surface area contributed by atoms with Gasteiger partial charge in [-0.05, 0) is 43.0 Å². The number of halogens is 1. The fourth-order valence-corrected chi connectivity index (χ4v) is 2.16. The standard InChI is InChI=1S/C15H18FN3O2/c1-10(2)4-3-9-19-14(13(15(20)21)17-18-19)11-5-7-12(16)8-6-11/h5-8,10H,3-4,9H2,1-2H3,(H,20,21). The lowest BCUT2D eigenvalue weighted by atomic mass is 10.1. The predicted octanol–water partition coefficient (Wildman–Crippen LogP) is 3.22. The minimum atomic E-state index is -1.13. The van der Waals surface area contributed by atoms with Crippen molar-refractivity contribution < 1.29 is 14.3 Å². The van der Waals surface area contributed by atoms with Crippen LogP contribution in [-0.2, 0) is 6.54 Å². The second kappa shape index (κ2) is 6.47. The summed E-state index contributed by atoms with van der Waals surface area (Å²) in [4.78, 5) is 11.3. The van der Waals surface area contributed by atoms with Crippen LogP contribution in [0.2, 0.25) is 0 Å². The first-order valence-corrected chi connectivity index (χ1v) is 6.91. The second-order valence-corrected chi connectivity index (χ2v) is 5.36. The van der Waals surface area contributed by atoms with Crippen LogP contribution in [-0.4, -0.2) is 26.1 Å². The Bertz CT molecular complexity index is 620. The van der Waals surface area contributed by atoms with E-state index in [1.807, 2.05) is 0 Å². The number of rotatable bonds is 6. The molecule has 1 N–H and O–H groups in total. The molecule has 2 rings (SSSR count). The average molecular weight is 291 g/mol. The third kappa shape index (κ3) is 3.65. The van der Waals surface area contributed by atoms with Crippen LogP contribution in [0.1, 0.15) is 37.2 Å². The molecule has 0 radical (unpaired) electrons. The molecule has 6 heteroatoms. The number of hydrogen-bond acceptors (Lipinski definition) is 3. The van der Waals surface area contributed by atoms with Crippen LogP contribution in [0, 0.1) is 11.7 Å². The normalized spacial score (nSPS) is 11.0. The molecule has 1 aromatic carbocycles. The highest BCUT2D eigenvalue weighted by Gasteiger charge is 2.20. The van der Waals surface area contributed by atoms with Crippen LogP contribution in [0.25, 0.3) is 11.3 Å². The Kier molecular flexibility index (Phi) is 4.67. The molecule has 0 aliphatic rings. The van der Waals surface area contributed by atoms with Gasteiger partial charge in [0.2, 0.25) is 0 Å². The van der Waals surface area contributed by atoms with Gasteiger partial charge < -0.3 is 5.11 Å². The smallest absolute Gasteiger partial charge is 0.358 e. The molecule has 0 bridgehead atoms. The SMILES string of the molecule is CC(C)CCCn1nnc(C(=O)O)c1-c1ccc(F)cc1. The third-order valence-corrected chi connectivity index (χ3v) is 3.21. The zero-order chi connectivity index (χ0) is 15.4. The van der Waals surface area contributed by atoms with Crippen molar-refractivity contribution in [3.63, 3.8) is 0 Å². The van der Waals surface area contributed by atoms with Crippen molar-refractivity contribution in [2.45, 2.75) is 33.2 Å². The van der Waals surface area contributed by atoms with E-state index >= 15 is 0 Å². The van der Waals surface area contributed by atoms with Crippen molar-refractivity contribution in [1.82, 2.24) is 15.0 Å². The molecule has 0 fully saturated rings. The Balaban J connectivity index is 2.33. The minimum absolute atomic E-state index is 0.105. The first-order valence-electron chi connectivity index (χ1n) is 6.91. The summed E-state index contributed by atoms with van der Waals surface area (Å²) in [5.74, 6) is -0.930. The fourth-order valence-electron chi connectivity index (χ4n) is 2.16. The van der Waals surface area contributed by atoms with Gasteiger partial charge in [-0.3, -0.25) is 0 Å². The Morgan fingerprint density at radius 2 is 2.00 bits per heavy atom. The van der Waals surface area contributed by atoms with Gasteiger partial charge >= 0.3 is 5.97 Å². The first kappa shape index (κ1) is 15.2. The van der Waals surface area contributed by atoms with E-state index in [0.717, 1.165) is 12.8 Å². The monoisotopic (exact) mass is 291 g/mol. The molecule has 0 aliphatic carbocycles. The Morgan fingerprint density at radius 1 is 1.33 bits per heavy atom. The summed E-state index contributed by atoms with van der Waals surface area (Å²) < 4.78 is 14.6. The molecule has 0 atom stereocenters. The number of aryl methyl sites for hydroxylation is 1. The van der Waals surface area contributed by atoms with Crippen LogP contribution in [0.15, 0.2) is 24.3 Å². The zero-order valence-corrected chi connectivity index (χ0v) is 12.1. The summed E-state index contributed by atoms with van der Waals surface area (Å²) in [7, 11) is 0. The van der Waals surface area contributed by atoms with Gasteiger partial charge in [-0.2, -0.15) is 0 Å². The van der Waals surface area contributed by atoms with Gasteiger partial charge in [0, 0.05) is 12.1 Å². The summed E-state index contributed by atoms with van der Waals surface area (Å²) in [5, 5.41) is 16.9. The Hall–Kier alpha value is -2.24. The van der Waals surface area contributed by atoms with Crippen LogP contribution < -0.4 is 0 Å². The molecule has 1 aromatic heterocycles. The molecule has 0 saturated heterocycles. The highest BCUT2D eigenvalue weighted by Crippen LogP contribution is 2.23. The van der Waals surface area contributed by atoms with Gasteiger partial charge in [0.25, 0.3) is 0 Å². The average Bonchev–Trinajstić information content (AvgIpc) is 2.83. The minimum Gasteiger partial charge on any atom is -0.476 e. The summed E-state index contributed by atoms with van der Waals surface area (Å²) in [6.45, 7) is 4.85. The number of hydrogen-bond donors (Lipinski definition) is 1. The van der Waals surface area contributed by atoms with Crippen LogP contribution in [0.4, 0.5) is 4.39 Å². The molecule has 5 nitrogen and oxygen atoms in total.